The normalized spacial score (nSPS) is 18.5. The first-order valence-electron chi connectivity index (χ1n) is 10.3. The summed E-state index contributed by atoms with van der Waals surface area (Å²) in [6, 6.07) is 4.17. The molecule has 3 N–H and O–H groups in total. The van der Waals surface area contributed by atoms with Gasteiger partial charge in [-0.3, -0.25) is 4.79 Å². The van der Waals surface area contributed by atoms with Crippen molar-refractivity contribution in [1.29, 1.82) is 0 Å². The number of carbonyl (C=O) groups is 1. The molecule has 1 aliphatic carbocycles. The summed E-state index contributed by atoms with van der Waals surface area (Å²) in [7, 11) is 0. The predicted molar refractivity (Wildman–Crippen MR) is 116 cm³/mol. The second-order valence-corrected chi connectivity index (χ2v) is 8.59. The molecule has 0 aliphatic heterocycles. The van der Waals surface area contributed by atoms with Crippen molar-refractivity contribution < 1.29 is 31.5 Å². The smallest absolute Gasteiger partial charge is 0.418 e. The van der Waals surface area contributed by atoms with Crippen LogP contribution in [-0.2, 0) is 6.18 Å². The standard InChI is InChI=1S/C22H19F5N4O2S/c23-14-2-1-3-15(24)18(14)19-13(22(25,26)27)8-9-16(30-19)20(32)31-17-10-29-34-21(17)33-12-6-4-11(28)5-7-12/h1-3,8-12H,4-7,28H2,(H,31,32). The molecule has 2 aromatic heterocycles. The van der Waals surface area contributed by atoms with Crippen molar-refractivity contribution in [2.45, 2.75) is 44.0 Å². The van der Waals surface area contributed by atoms with E-state index in [-0.39, 0.29) is 17.8 Å². The Morgan fingerprint density at radius 1 is 1.09 bits per heavy atom. The highest BCUT2D eigenvalue weighted by molar-refractivity contribution is 7.08. The molecule has 1 amide bonds. The van der Waals surface area contributed by atoms with Gasteiger partial charge in [-0.2, -0.15) is 17.5 Å². The molecule has 0 unspecified atom stereocenters. The maximum atomic E-state index is 14.3. The number of anilines is 1. The summed E-state index contributed by atoms with van der Waals surface area (Å²) in [5.74, 6) is -3.36. The molecule has 2 heterocycles. The van der Waals surface area contributed by atoms with Crippen LogP contribution < -0.4 is 15.8 Å². The molecule has 1 aliphatic rings. The quantitative estimate of drug-likeness (QED) is 0.460. The lowest BCUT2D eigenvalue weighted by atomic mass is 9.94. The van der Waals surface area contributed by atoms with Crippen LogP contribution in [0.1, 0.15) is 41.7 Å². The number of amides is 1. The lowest BCUT2D eigenvalue weighted by molar-refractivity contribution is -0.137. The van der Waals surface area contributed by atoms with Gasteiger partial charge in [0, 0.05) is 17.6 Å². The molecule has 6 nitrogen and oxygen atoms in total. The first kappa shape index (κ1) is 24.0. The number of pyridine rings is 1. The summed E-state index contributed by atoms with van der Waals surface area (Å²) in [5.41, 5.74) is 2.28. The number of nitrogens with zero attached hydrogens (tertiary/aromatic N) is 2. The average Bonchev–Trinajstić information content (AvgIpc) is 3.21. The number of aromatic nitrogens is 2. The van der Waals surface area contributed by atoms with Crippen molar-refractivity contribution in [3.8, 4) is 16.3 Å². The maximum absolute atomic E-state index is 14.3. The molecule has 34 heavy (non-hydrogen) atoms. The first-order valence-corrected chi connectivity index (χ1v) is 11.1. The number of benzene rings is 1. The molecule has 0 spiro atoms. The van der Waals surface area contributed by atoms with Crippen molar-refractivity contribution in [2.24, 2.45) is 5.73 Å². The molecule has 0 radical (unpaired) electrons. The van der Waals surface area contributed by atoms with Crippen LogP contribution in [0.2, 0.25) is 0 Å². The van der Waals surface area contributed by atoms with E-state index in [4.69, 9.17) is 10.5 Å². The minimum absolute atomic E-state index is 0.101. The summed E-state index contributed by atoms with van der Waals surface area (Å²) < 4.78 is 79.0. The Morgan fingerprint density at radius 2 is 1.76 bits per heavy atom. The number of hydrogen-bond acceptors (Lipinski definition) is 6. The van der Waals surface area contributed by atoms with Crippen LogP contribution >= 0.6 is 11.5 Å². The van der Waals surface area contributed by atoms with E-state index in [0.29, 0.717) is 11.1 Å². The monoisotopic (exact) mass is 498 g/mol. The highest BCUT2D eigenvalue weighted by atomic mass is 32.1. The highest BCUT2D eigenvalue weighted by Gasteiger charge is 2.36. The van der Waals surface area contributed by atoms with Gasteiger partial charge in [0.05, 0.1) is 29.1 Å². The van der Waals surface area contributed by atoms with E-state index in [1.165, 1.54) is 6.20 Å². The van der Waals surface area contributed by atoms with E-state index in [1.807, 2.05) is 0 Å². The fourth-order valence-corrected chi connectivity index (χ4v) is 4.31. The van der Waals surface area contributed by atoms with Gasteiger partial charge in [0.25, 0.3) is 5.91 Å². The van der Waals surface area contributed by atoms with Gasteiger partial charge in [-0.05, 0) is 49.9 Å². The third kappa shape index (κ3) is 5.17. The van der Waals surface area contributed by atoms with E-state index in [0.717, 1.165) is 61.5 Å². The number of hydrogen-bond donors (Lipinski definition) is 2. The van der Waals surface area contributed by atoms with E-state index in [1.54, 1.807) is 0 Å². The van der Waals surface area contributed by atoms with Gasteiger partial charge in [-0.1, -0.05) is 6.07 Å². The van der Waals surface area contributed by atoms with Crippen LogP contribution in [0.3, 0.4) is 0 Å². The summed E-state index contributed by atoms with van der Waals surface area (Å²) in [6.07, 6.45) is -0.627. The summed E-state index contributed by atoms with van der Waals surface area (Å²) in [5, 5.41) is 2.83. The molecule has 1 fully saturated rings. The lowest BCUT2D eigenvalue weighted by Gasteiger charge is -2.26. The Balaban J connectivity index is 1.61. The Labute approximate surface area is 195 Å². The molecule has 0 atom stereocenters. The number of ether oxygens (including phenoxy) is 1. The average molecular weight is 498 g/mol. The maximum Gasteiger partial charge on any atom is 0.418 e. The molecule has 12 heteroatoms. The molecule has 1 saturated carbocycles. The van der Waals surface area contributed by atoms with Crippen LogP contribution in [0.5, 0.6) is 5.06 Å². The van der Waals surface area contributed by atoms with Crippen molar-refractivity contribution in [2.75, 3.05) is 5.32 Å². The van der Waals surface area contributed by atoms with Crippen LogP contribution in [-0.4, -0.2) is 27.4 Å². The molecule has 1 aromatic carbocycles. The molecule has 180 valence electrons. The summed E-state index contributed by atoms with van der Waals surface area (Å²) >= 11 is 1.00. The minimum atomic E-state index is -4.95. The van der Waals surface area contributed by atoms with Gasteiger partial charge in [-0.25, -0.2) is 13.8 Å². The second-order valence-electron chi connectivity index (χ2n) is 7.82. The van der Waals surface area contributed by atoms with Gasteiger partial charge in [0.15, 0.2) is 0 Å². The topological polar surface area (TPSA) is 90.1 Å². The Hall–Kier alpha value is -3.12. The molecule has 4 rings (SSSR count). The van der Waals surface area contributed by atoms with E-state index >= 15 is 0 Å². The van der Waals surface area contributed by atoms with Crippen LogP contribution in [0.25, 0.3) is 11.3 Å². The zero-order chi connectivity index (χ0) is 24.5. The largest absolute Gasteiger partial charge is 0.478 e. The Bertz CT molecular complexity index is 1170. The molecular formula is C22H19F5N4O2S. The Morgan fingerprint density at radius 3 is 2.41 bits per heavy atom. The minimum Gasteiger partial charge on any atom is -0.478 e. The van der Waals surface area contributed by atoms with E-state index in [2.05, 4.69) is 14.7 Å². The van der Waals surface area contributed by atoms with Crippen molar-refractivity contribution in [1.82, 2.24) is 9.36 Å². The lowest BCUT2D eigenvalue weighted by Crippen LogP contribution is -2.31. The third-order valence-electron chi connectivity index (χ3n) is 5.41. The van der Waals surface area contributed by atoms with Crippen LogP contribution in [0, 0.1) is 11.6 Å². The van der Waals surface area contributed by atoms with Gasteiger partial charge in [0.1, 0.15) is 23.0 Å². The Kier molecular flexibility index (Phi) is 6.80. The number of nitrogens with one attached hydrogen (secondary N) is 1. The van der Waals surface area contributed by atoms with E-state index in [9.17, 15) is 26.7 Å². The zero-order valence-electron chi connectivity index (χ0n) is 17.5. The summed E-state index contributed by atoms with van der Waals surface area (Å²) in [6.45, 7) is 0. The number of rotatable bonds is 5. The van der Waals surface area contributed by atoms with Crippen molar-refractivity contribution >= 4 is 23.1 Å². The predicted octanol–water partition coefficient (Wildman–Crippen LogP) is 5.40. The van der Waals surface area contributed by atoms with Gasteiger partial charge < -0.3 is 15.8 Å². The van der Waals surface area contributed by atoms with Gasteiger partial charge >= 0.3 is 6.18 Å². The van der Waals surface area contributed by atoms with Crippen LogP contribution in [0.4, 0.5) is 27.6 Å². The second kappa shape index (κ2) is 9.63. The fraction of sp³-hybridized carbons (Fsp3) is 0.318. The van der Waals surface area contributed by atoms with Crippen molar-refractivity contribution in [3.05, 3.63) is 59.4 Å². The van der Waals surface area contributed by atoms with E-state index < -0.39 is 46.2 Å². The van der Waals surface area contributed by atoms with Gasteiger partial charge in [0.2, 0.25) is 5.06 Å². The van der Waals surface area contributed by atoms with Crippen LogP contribution in [0.15, 0.2) is 36.5 Å². The third-order valence-corrected chi connectivity index (χ3v) is 6.10. The fourth-order valence-electron chi connectivity index (χ4n) is 3.67. The summed E-state index contributed by atoms with van der Waals surface area (Å²) in [4.78, 5) is 16.5. The number of halogens is 5. The first-order chi connectivity index (χ1) is 16.1. The van der Waals surface area contributed by atoms with Gasteiger partial charge in [-0.15, -0.1) is 0 Å². The number of carbonyl (C=O) groups excluding carboxylic acids is 1. The van der Waals surface area contributed by atoms with Crippen molar-refractivity contribution in [3.63, 3.8) is 0 Å². The highest BCUT2D eigenvalue weighted by Crippen LogP contribution is 2.38. The number of nitrogens with two attached hydrogens (primary N) is 1. The molecular weight excluding hydrogens is 479 g/mol. The molecule has 0 saturated heterocycles. The molecule has 3 aromatic rings. The zero-order valence-corrected chi connectivity index (χ0v) is 18.4. The SMILES string of the molecule is NC1CCC(Oc2sncc2NC(=O)c2ccc(C(F)(F)F)c(-c3c(F)cccc3F)n2)CC1. The molecule has 0 bridgehead atoms. The number of alkyl halides is 3.